The van der Waals surface area contributed by atoms with E-state index in [9.17, 15) is 0 Å². The summed E-state index contributed by atoms with van der Waals surface area (Å²) in [4.78, 5) is 6.88. The van der Waals surface area contributed by atoms with E-state index in [2.05, 4.69) is 9.98 Å². The second-order valence-electron chi connectivity index (χ2n) is 2.24. The Morgan fingerprint density at radius 2 is 2.10 bits per heavy atom. The monoisotopic (exact) mass is 159 g/mol. The van der Waals surface area contributed by atoms with Crippen molar-refractivity contribution in [2.75, 3.05) is 6.61 Å². The third-order valence-electron chi connectivity index (χ3n) is 1.22. The lowest BCUT2D eigenvalue weighted by atomic mass is 10.1. The first kappa shape index (κ1) is 7.57. The molecule has 0 spiro atoms. The molecular weight excluding hydrogens is 152 g/mol. The van der Waals surface area contributed by atoms with Crippen molar-refractivity contribution in [1.82, 2.24) is 0 Å². The molecule has 0 aliphatic carbocycles. The van der Waals surface area contributed by atoms with Crippen LogP contribution in [0.2, 0.25) is 0 Å². The minimum absolute atomic E-state index is 0.154. The van der Waals surface area contributed by atoms with Gasteiger partial charge in [-0.2, -0.15) is 0 Å². The maximum Gasteiger partial charge on any atom is 0.263 e. The summed E-state index contributed by atoms with van der Waals surface area (Å²) < 4.78 is 0. The van der Waals surface area contributed by atoms with Crippen LogP contribution >= 0.6 is 11.6 Å². The van der Waals surface area contributed by atoms with Gasteiger partial charge in [0, 0.05) is 0 Å². The molecule has 10 heavy (non-hydrogen) atoms. The molecule has 1 unspecified atom stereocenters. The lowest BCUT2D eigenvalue weighted by molar-refractivity contribution is 0.256. The van der Waals surface area contributed by atoms with E-state index in [1.54, 1.807) is 19.4 Å². The minimum Gasteiger partial charge on any atom is -0.393 e. The lowest BCUT2D eigenvalue weighted by Crippen LogP contribution is -2.27. The highest BCUT2D eigenvalue weighted by molar-refractivity contribution is 6.26. The van der Waals surface area contributed by atoms with Gasteiger partial charge >= 0.3 is 0 Å². The number of aliphatic imine (C=N–C) groups is 2. The van der Waals surface area contributed by atoms with Gasteiger partial charge in [-0.3, -0.25) is 0 Å². The van der Waals surface area contributed by atoms with Crippen molar-refractivity contribution in [3.05, 3.63) is 6.17 Å². The summed E-state index contributed by atoms with van der Waals surface area (Å²) in [6.07, 6.45) is 3.56. The van der Waals surface area contributed by atoms with Gasteiger partial charge in [-0.15, -0.1) is 0 Å². The van der Waals surface area contributed by atoms with Crippen LogP contribution in [0.5, 0.6) is 0 Å². The number of rotatable bonds is 2. The Morgan fingerprint density at radius 1 is 1.60 bits per heavy atom. The van der Waals surface area contributed by atoms with Gasteiger partial charge in [-0.1, -0.05) is 21.6 Å². The molecule has 0 saturated carbocycles. The Hall–Kier alpha value is -0.540. The van der Waals surface area contributed by atoms with Crippen LogP contribution in [0.3, 0.4) is 0 Å². The van der Waals surface area contributed by atoms with Crippen molar-refractivity contribution in [1.29, 1.82) is 0 Å². The maximum absolute atomic E-state index is 8.75. The average molecular weight is 160 g/mol. The van der Waals surface area contributed by atoms with Gasteiger partial charge in [0.2, 0.25) is 0 Å². The average Bonchev–Trinajstić information content (AvgIpc) is 2.38. The number of alkyl halides is 1. The molecule has 1 heterocycles. The van der Waals surface area contributed by atoms with Crippen LogP contribution in [0.15, 0.2) is 9.98 Å². The SMILES string of the molecule is CC(Cl)(CO)[C+]1N=CC=N1. The third-order valence-corrected chi connectivity index (χ3v) is 1.51. The van der Waals surface area contributed by atoms with Crippen LogP contribution < -0.4 is 0 Å². The highest BCUT2D eigenvalue weighted by Gasteiger charge is 2.39. The largest absolute Gasteiger partial charge is 0.393 e. The fourth-order valence-electron chi connectivity index (χ4n) is 0.581. The minimum atomic E-state index is -0.830. The smallest absolute Gasteiger partial charge is 0.263 e. The first-order valence-electron chi connectivity index (χ1n) is 2.91. The molecule has 0 aromatic rings. The number of nitrogens with zero attached hydrogens (tertiary/aromatic N) is 2. The number of halogens is 1. The van der Waals surface area contributed by atoms with E-state index >= 15 is 0 Å². The summed E-state index contributed by atoms with van der Waals surface area (Å²) in [6.45, 7) is 1.52. The molecule has 4 heteroatoms. The topological polar surface area (TPSA) is 45.0 Å². The molecule has 54 valence electrons. The van der Waals surface area contributed by atoms with Gasteiger partial charge in [0.15, 0.2) is 17.3 Å². The molecule has 0 radical (unpaired) electrons. The van der Waals surface area contributed by atoms with Crippen molar-refractivity contribution < 1.29 is 5.11 Å². The molecule has 0 bridgehead atoms. The predicted octanol–water partition coefficient (Wildman–Crippen LogP) is 0.621. The van der Waals surface area contributed by atoms with Gasteiger partial charge in [0.05, 0.1) is 6.61 Å². The van der Waals surface area contributed by atoms with Crippen LogP contribution in [-0.2, 0) is 0 Å². The summed E-state index contributed by atoms with van der Waals surface area (Å²) in [5.41, 5.74) is 0. The van der Waals surface area contributed by atoms with Gasteiger partial charge in [-0.25, -0.2) is 0 Å². The second-order valence-corrected chi connectivity index (χ2v) is 3.07. The third kappa shape index (κ3) is 1.30. The predicted molar refractivity (Wildman–Crippen MR) is 41.6 cm³/mol. The Balaban J connectivity index is 2.64. The van der Waals surface area contributed by atoms with Crippen LogP contribution in [0.4, 0.5) is 0 Å². The summed E-state index contributed by atoms with van der Waals surface area (Å²) in [5, 5.41) is 8.75. The fourth-order valence-corrected chi connectivity index (χ4v) is 0.679. The van der Waals surface area contributed by atoms with Gasteiger partial charge in [-0.05, 0) is 6.92 Å². The molecule has 1 atom stereocenters. The van der Waals surface area contributed by atoms with E-state index in [4.69, 9.17) is 16.7 Å². The Labute approximate surface area is 64.4 Å². The van der Waals surface area contributed by atoms with E-state index in [-0.39, 0.29) is 6.61 Å². The van der Waals surface area contributed by atoms with Gasteiger partial charge in [0.1, 0.15) is 0 Å². The zero-order chi connectivity index (χ0) is 7.61. The van der Waals surface area contributed by atoms with Gasteiger partial charge < -0.3 is 5.11 Å². The number of aliphatic hydroxyl groups excluding tert-OH is 1. The Kier molecular flexibility index (Phi) is 1.97. The van der Waals surface area contributed by atoms with Crippen LogP contribution in [-0.4, -0.2) is 29.0 Å². The molecule has 0 aromatic heterocycles. The first-order chi connectivity index (χ1) is 4.67. The number of hydrogen-bond donors (Lipinski definition) is 1. The molecule has 0 aromatic carbocycles. The summed E-state index contributed by atoms with van der Waals surface area (Å²) in [5.74, 6) is 0. The second kappa shape index (κ2) is 2.60. The van der Waals surface area contributed by atoms with E-state index < -0.39 is 4.87 Å². The summed E-state index contributed by atoms with van der Waals surface area (Å²) in [7, 11) is 0. The zero-order valence-electron chi connectivity index (χ0n) is 5.58. The molecule has 0 saturated heterocycles. The normalized spacial score (nSPS) is 21.7. The standard InChI is InChI=1S/C6H8ClN2O/c1-6(7,4-10)5-8-2-3-9-5/h2-3,10H,4H2,1H3/q+1. The number of hydrogen-bond acceptors (Lipinski definition) is 3. The fraction of sp³-hybridized carbons (Fsp3) is 0.500. The molecular formula is C6H8ClN2O+. The maximum atomic E-state index is 8.75. The zero-order valence-corrected chi connectivity index (χ0v) is 6.34. The molecule has 1 aliphatic rings. The molecule has 1 aliphatic heterocycles. The van der Waals surface area contributed by atoms with E-state index in [0.717, 1.165) is 0 Å². The van der Waals surface area contributed by atoms with Crippen molar-refractivity contribution in [3.8, 4) is 0 Å². The molecule has 0 amide bonds. The van der Waals surface area contributed by atoms with Crippen molar-refractivity contribution >= 4 is 24.0 Å². The van der Waals surface area contributed by atoms with Gasteiger partial charge in [0.25, 0.3) is 6.17 Å². The summed E-state index contributed by atoms with van der Waals surface area (Å²) in [6, 6.07) is 0. The molecule has 3 nitrogen and oxygen atoms in total. The number of aliphatic hydroxyl groups is 1. The molecule has 0 fully saturated rings. The van der Waals surface area contributed by atoms with E-state index in [0.29, 0.717) is 6.17 Å². The van der Waals surface area contributed by atoms with Crippen LogP contribution in [0.1, 0.15) is 6.92 Å². The Morgan fingerprint density at radius 3 is 2.50 bits per heavy atom. The molecule has 1 rings (SSSR count). The van der Waals surface area contributed by atoms with Crippen LogP contribution in [0, 0.1) is 6.17 Å². The van der Waals surface area contributed by atoms with E-state index in [1.807, 2.05) is 0 Å². The Bertz CT molecular complexity index is 165. The van der Waals surface area contributed by atoms with E-state index in [1.165, 1.54) is 0 Å². The van der Waals surface area contributed by atoms with Crippen molar-refractivity contribution in [3.63, 3.8) is 0 Å². The van der Waals surface area contributed by atoms with Crippen molar-refractivity contribution in [2.45, 2.75) is 11.8 Å². The highest BCUT2D eigenvalue weighted by Crippen LogP contribution is 2.29. The van der Waals surface area contributed by atoms with Crippen LogP contribution in [0.25, 0.3) is 0 Å². The highest BCUT2D eigenvalue weighted by atomic mass is 35.5. The van der Waals surface area contributed by atoms with Crippen molar-refractivity contribution in [2.24, 2.45) is 9.98 Å². The quantitative estimate of drug-likeness (QED) is 0.466. The lowest BCUT2D eigenvalue weighted by Gasteiger charge is -2.14. The summed E-state index contributed by atoms with van der Waals surface area (Å²) >= 11 is 5.81. The molecule has 1 N–H and O–H groups in total. The first-order valence-corrected chi connectivity index (χ1v) is 3.28.